The first-order chi connectivity index (χ1) is 10.2. The van der Waals surface area contributed by atoms with Crippen molar-refractivity contribution in [3.63, 3.8) is 0 Å². The fourth-order valence-electron chi connectivity index (χ4n) is 2.70. The van der Waals surface area contributed by atoms with Crippen LogP contribution in [-0.2, 0) is 0 Å². The summed E-state index contributed by atoms with van der Waals surface area (Å²) in [7, 11) is 0. The van der Waals surface area contributed by atoms with Gasteiger partial charge in [0.1, 0.15) is 6.17 Å². The Balaban J connectivity index is 2.04. The minimum Gasteiger partial charge on any atom is -0.361 e. The molecule has 1 aliphatic rings. The van der Waals surface area contributed by atoms with Gasteiger partial charge in [-0.25, -0.2) is 0 Å². The first-order valence-electron chi connectivity index (χ1n) is 7.12. The van der Waals surface area contributed by atoms with Crippen LogP contribution >= 0.6 is 11.6 Å². The molecule has 1 N–H and O–H groups in total. The van der Waals surface area contributed by atoms with Crippen molar-refractivity contribution in [2.75, 3.05) is 11.9 Å². The largest absolute Gasteiger partial charge is 0.361 e. The molecule has 1 aliphatic heterocycles. The lowest BCUT2D eigenvalue weighted by atomic mass is 10.0. The van der Waals surface area contributed by atoms with Crippen LogP contribution < -0.4 is 5.32 Å². The van der Waals surface area contributed by atoms with Gasteiger partial charge in [-0.2, -0.15) is 0 Å². The van der Waals surface area contributed by atoms with Crippen LogP contribution in [0.1, 0.15) is 35.4 Å². The Labute approximate surface area is 129 Å². The lowest BCUT2D eigenvalue weighted by Crippen LogP contribution is -2.43. The molecule has 108 valence electrons. The number of nitrogens with one attached hydrogen (secondary N) is 1. The number of fused-ring (bicyclic) bond motifs is 1. The van der Waals surface area contributed by atoms with E-state index in [4.69, 9.17) is 11.6 Å². The summed E-state index contributed by atoms with van der Waals surface area (Å²) in [6.45, 7) is 2.78. The monoisotopic (exact) mass is 300 g/mol. The predicted octanol–water partition coefficient (Wildman–Crippen LogP) is 4.32. The number of carbonyl (C=O) groups is 1. The summed E-state index contributed by atoms with van der Waals surface area (Å²) in [5, 5.41) is 4.13. The van der Waals surface area contributed by atoms with Gasteiger partial charge >= 0.3 is 0 Å². The molecule has 0 bridgehead atoms. The van der Waals surface area contributed by atoms with Gasteiger partial charge in [-0.1, -0.05) is 42.8 Å². The van der Waals surface area contributed by atoms with Gasteiger partial charge in [-0.15, -0.1) is 0 Å². The molecule has 0 saturated carbocycles. The van der Waals surface area contributed by atoms with Gasteiger partial charge in [0.25, 0.3) is 5.91 Å². The van der Waals surface area contributed by atoms with Crippen LogP contribution in [0.15, 0.2) is 48.5 Å². The predicted molar refractivity (Wildman–Crippen MR) is 85.6 cm³/mol. The van der Waals surface area contributed by atoms with Crippen LogP contribution in [0.25, 0.3) is 0 Å². The maximum atomic E-state index is 12.7. The molecule has 0 fully saturated rings. The van der Waals surface area contributed by atoms with E-state index >= 15 is 0 Å². The zero-order valence-corrected chi connectivity index (χ0v) is 12.6. The molecule has 1 amide bonds. The van der Waals surface area contributed by atoms with Gasteiger partial charge in [0, 0.05) is 17.3 Å². The normalized spacial score (nSPS) is 17.3. The third kappa shape index (κ3) is 2.61. The van der Waals surface area contributed by atoms with E-state index in [0.29, 0.717) is 11.6 Å². The van der Waals surface area contributed by atoms with E-state index in [9.17, 15) is 4.79 Å². The zero-order chi connectivity index (χ0) is 14.8. The van der Waals surface area contributed by atoms with Crippen molar-refractivity contribution in [3.05, 3.63) is 64.7 Å². The molecular weight excluding hydrogens is 284 g/mol. The lowest BCUT2D eigenvalue weighted by molar-refractivity contribution is 0.0683. The maximum absolute atomic E-state index is 12.7. The Kier molecular flexibility index (Phi) is 3.84. The van der Waals surface area contributed by atoms with Crippen molar-refractivity contribution < 1.29 is 4.79 Å². The van der Waals surface area contributed by atoms with Crippen molar-refractivity contribution in [1.29, 1.82) is 0 Å². The molecule has 0 aromatic heterocycles. The highest BCUT2D eigenvalue weighted by Crippen LogP contribution is 2.33. The van der Waals surface area contributed by atoms with Crippen LogP contribution in [0.2, 0.25) is 5.02 Å². The van der Waals surface area contributed by atoms with Crippen molar-refractivity contribution in [2.45, 2.75) is 19.5 Å². The van der Waals surface area contributed by atoms with E-state index < -0.39 is 0 Å². The second-order valence-corrected chi connectivity index (χ2v) is 5.58. The van der Waals surface area contributed by atoms with Gasteiger partial charge in [0.05, 0.1) is 5.56 Å². The topological polar surface area (TPSA) is 32.3 Å². The fraction of sp³-hybridized carbons (Fsp3) is 0.235. The minimum atomic E-state index is -0.175. The number of nitrogens with zero attached hydrogens (tertiary/aromatic N) is 1. The second kappa shape index (κ2) is 5.78. The van der Waals surface area contributed by atoms with Crippen LogP contribution in [0.3, 0.4) is 0 Å². The van der Waals surface area contributed by atoms with Crippen LogP contribution in [0.4, 0.5) is 5.69 Å². The van der Waals surface area contributed by atoms with E-state index in [2.05, 4.69) is 12.2 Å². The molecule has 0 saturated heterocycles. The van der Waals surface area contributed by atoms with Gasteiger partial charge in [-0.05, 0) is 36.2 Å². The molecule has 4 heteroatoms. The second-order valence-electron chi connectivity index (χ2n) is 5.15. The Morgan fingerprint density at radius 1 is 1.19 bits per heavy atom. The molecule has 2 aromatic rings. The average Bonchev–Trinajstić information content (AvgIpc) is 2.50. The van der Waals surface area contributed by atoms with Crippen LogP contribution in [0, 0.1) is 0 Å². The van der Waals surface area contributed by atoms with Crippen molar-refractivity contribution in [1.82, 2.24) is 4.90 Å². The zero-order valence-electron chi connectivity index (χ0n) is 11.8. The Bertz CT molecular complexity index is 671. The van der Waals surface area contributed by atoms with E-state index in [0.717, 1.165) is 23.2 Å². The number of amides is 1. The summed E-state index contributed by atoms with van der Waals surface area (Å²) in [6, 6.07) is 15.3. The SMILES string of the molecule is CCCN1C(=O)c2ccccc2NC1c1cccc(Cl)c1. The standard InChI is InChI=1S/C17H17ClN2O/c1-2-10-20-16(12-6-5-7-13(18)11-12)19-15-9-4-3-8-14(15)17(20)21/h3-9,11,16,19H,2,10H2,1H3. The van der Waals surface area contributed by atoms with Crippen molar-refractivity contribution in [2.24, 2.45) is 0 Å². The van der Waals surface area contributed by atoms with E-state index in [-0.39, 0.29) is 12.1 Å². The lowest BCUT2D eigenvalue weighted by Gasteiger charge is -2.38. The van der Waals surface area contributed by atoms with Gasteiger partial charge in [0.2, 0.25) is 0 Å². The number of hydrogen-bond acceptors (Lipinski definition) is 2. The Morgan fingerprint density at radius 2 is 2.00 bits per heavy atom. The average molecular weight is 301 g/mol. The van der Waals surface area contributed by atoms with Gasteiger partial charge < -0.3 is 10.2 Å². The molecule has 1 atom stereocenters. The summed E-state index contributed by atoms with van der Waals surface area (Å²) in [4.78, 5) is 14.6. The van der Waals surface area contributed by atoms with E-state index in [1.807, 2.05) is 53.4 Å². The minimum absolute atomic E-state index is 0.0659. The van der Waals surface area contributed by atoms with Crippen molar-refractivity contribution >= 4 is 23.2 Å². The van der Waals surface area contributed by atoms with E-state index in [1.165, 1.54) is 0 Å². The number of halogens is 1. The molecule has 3 rings (SSSR count). The fourth-order valence-corrected chi connectivity index (χ4v) is 2.90. The summed E-state index contributed by atoms with van der Waals surface area (Å²) in [6.07, 6.45) is 0.734. The highest BCUT2D eigenvalue weighted by atomic mass is 35.5. The Hall–Kier alpha value is -2.00. The number of anilines is 1. The smallest absolute Gasteiger partial charge is 0.257 e. The molecule has 0 spiro atoms. The number of carbonyl (C=O) groups excluding carboxylic acids is 1. The number of para-hydroxylation sites is 1. The Morgan fingerprint density at radius 3 is 2.76 bits per heavy atom. The summed E-state index contributed by atoms with van der Waals surface area (Å²) >= 11 is 6.09. The maximum Gasteiger partial charge on any atom is 0.257 e. The number of hydrogen-bond donors (Lipinski definition) is 1. The molecule has 1 heterocycles. The molecule has 1 unspecified atom stereocenters. The number of rotatable bonds is 3. The molecular formula is C17H17ClN2O. The molecule has 3 nitrogen and oxygen atoms in total. The van der Waals surface area contributed by atoms with Gasteiger partial charge in [0.15, 0.2) is 0 Å². The van der Waals surface area contributed by atoms with Gasteiger partial charge in [-0.3, -0.25) is 4.79 Å². The first kappa shape index (κ1) is 14.0. The third-order valence-electron chi connectivity index (χ3n) is 3.65. The molecule has 2 aromatic carbocycles. The summed E-state index contributed by atoms with van der Waals surface area (Å²) < 4.78 is 0. The van der Waals surface area contributed by atoms with Crippen LogP contribution in [0.5, 0.6) is 0 Å². The summed E-state index contributed by atoms with van der Waals surface area (Å²) in [5.41, 5.74) is 2.60. The summed E-state index contributed by atoms with van der Waals surface area (Å²) in [5.74, 6) is 0.0659. The highest BCUT2D eigenvalue weighted by molar-refractivity contribution is 6.30. The number of benzene rings is 2. The quantitative estimate of drug-likeness (QED) is 0.915. The first-order valence-corrected chi connectivity index (χ1v) is 7.50. The molecule has 0 aliphatic carbocycles. The highest BCUT2D eigenvalue weighted by Gasteiger charge is 2.32. The third-order valence-corrected chi connectivity index (χ3v) is 3.89. The molecule has 0 radical (unpaired) electrons. The van der Waals surface area contributed by atoms with Crippen molar-refractivity contribution in [3.8, 4) is 0 Å². The molecule has 21 heavy (non-hydrogen) atoms. The van der Waals surface area contributed by atoms with E-state index in [1.54, 1.807) is 0 Å². The van der Waals surface area contributed by atoms with Crippen LogP contribution in [-0.4, -0.2) is 17.4 Å².